The number of nitrogens with two attached hydrogens (primary N) is 1. The van der Waals surface area contributed by atoms with Crippen LogP contribution in [0.5, 0.6) is 0 Å². The number of hydrogen-bond donors (Lipinski definition) is 1. The Labute approximate surface area is 147 Å². The van der Waals surface area contributed by atoms with Gasteiger partial charge in [0.15, 0.2) is 16.4 Å². The summed E-state index contributed by atoms with van der Waals surface area (Å²) in [6.45, 7) is 1.38. The molecule has 0 radical (unpaired) electrons. The largest absolute Gasteiger partial charge is 0.452 e. The maximum Gasteiger partial charge on any atom is 0.340 e. The third kappa shape index (κ3) is 3.95. The van der Waals surface area contributed by atoms with Gasteiger partial charge in [0.2, 0.25) is 0 Å². The van der Waals surface area contributed by atoms with Crippen molar-refractivity contribution in [1.29, 1.82) is 0 Å². The van der Waals surface area contributed by atoms with E-state index in [0.29, 0.717) is 12.1 Å². The van der Waals surface area contributed by atoms with Crippen molar-refractivity contribution in [2.45, 2.75) is 38.3 Å². The maximum atomic E-state index is 12.5. The number of carbonyl (C=O) groups is 2. The molecule has 25 heavy (non-hydrogen) atoms. The fourth-order valence-corrected chi connectivity index (χ4v) is 4.90. The number of ether oxygens (including phenoxy) is 1. The summed E-state index contributed by atoms with van der Waals surface area (Å²) in [6.07, 6.45) is 2.17. The van der Waals surface area contributed by atoms with Crippen LogP contribution in [-0.4, -0.2) is 55.4 Å². The van der Waals surface area contributed by atoms with Gasteiger partial charge in [0.25, 0.3) is 5.91 Å². The van der Waals surface area contributed by atoms with Crippen molar-refractivity contribution in [1.82, 2.24) is 4.90 Å². The number of rotatable bonds is 5. The van der Waals surface area contributed by atoms with Crippen LogP contribution in [0.15, 0.2) is 18.2 Å². The third-order valence-corrected chi connectivity index (χ3v) is 6.45. The molecule has 1 amide bonds. The first-order valence-electron chi connectivity index (χ1n) is 8.32. The Morgan fingerprint density at radius 3 is 2.56 bits per heavy atom. The lowest BCUT2D eigenvalue weighted by Crippen LogP contribution is -2.44. The highest BCUT2D eigenvalue weighted by molar-refractivity contribution is 7.91. The first-order valence-corrected chi connectivity index (χ1v) is 10.1. The smallest absolute Gasteiger partial charge is 0.340 e. The van der Waals surface area contributed by atoms with Gasteiger partial charge < -0.3 is 15.4 Å². The zero-order valence-corrected chi connectivity index (χ0v) is 14.9. The van der Waals surface area contributed by atoms with E-state index in [9.17, 15) is 18.0 Å². The SMILES string of the molecule is Cc1cccc(C(=O)OCC(=O)N(C2CC2)[C@H]2CCS(=O)(=O)C2)c1N. The third-order valence-electron chi connectivity index (χ3n) is 4.70. The van der Waals surface area contributed by atoms with Crippen molar-refractivity contribution >= 4 is 27.4 Å². The van der Waals surface area contributed by atoms with Crippen molar-refractivity contribution in [3.8, 4) is 0 Å². The molecule has 1 aliphatic heterocycles. The first-order chi connectivity index (χ1) is 11.8. The standard InChI is InChI=1S/C17H22N2O5S/c1-11-3-2-4-14(16(11)18)17(21)24-9-15(20)19(12-5-6-12)13-7-8-25(22,23)10-13/h2-4,12-13H,5-10,18H2,1H3/t13-/m0/s1. The summed E-state index contributed by atoms with van der Waals surface area (Å²) < 4.78 is 28.5. The van der Waals surface area contributed by atoms with Crippen LogP contribution < -0.4 is 5.73 Å². The summed E-state index contributed by atoms with van der Waals surface area (Å²) in [5.41, 5.74) is 7.20. The predicted molar refractivity (Wildman–Crippen MR) is 92.8 cm³/mol. The summed E-state index contributed by atoms with van der Waals surface area (Å²) in [5.74, 6) is -0.893. The molecule has 3 rings (SSSR count). The van der Waals surface area contributed by atoms with Gasteiger partial charge in [0.05, 0.1) is 17.1 Å². The first kappa shape index (κ1) is 17.7. The lowest BCUT2D eigenvalue weighted by molar-refractivity contribution is -0.137. The Morgan fingerprint density at radius 1 is 1.24 bits per heavy atom. The molecule has 1 atom stereocenters. The van der Waals surface area contributed by atoms with Crippen LogP contribution in [0.1, 0.15) is 35.2 Å². The molecule has 1 saturated heterocycles. The molecule has 0 unspecified atom stereocenters. The van der Waals surface area contributed by atoms with Crippen LogP contribution in [0.2, 0.25) is 0 Å². The van der Waals surface area contributed by atoms with Crippen LogP contribution in [-0.2, 0) is 19.4 Å². The lowest BCUT2D eigenvalue weighted by atomic mass is 10.1. The molecule has 1 aromatic carbocycles. The summed E-state index contributed by atoms with van der Waals surface area (Å²) in [6, 6.07) is 4.79. The number of para-hydroxylation sites is 1. The fraction of sp³-hybridized carbons (Fsp3) is 0.529. The Balaban J connectivity index is 1.64. The predicted octanol–water partition coefficient (Wildman–Crippen LogP) is 0.912. The van der Waals surface area contributed by atoms with E-state index in [1.807, 2.05) is 0 Å². The molecule has 1 saturated carbocycles. The van der Waals surface area contributed by atoms with E-state index in [-0.39, 0.29) is 35.1 Å². The Hall–Kier alpha value is -2.09. The van der Waals surface area contributed by atoms with Gasteiger partial charge in [-0.1, -0.05) is 12.1 Å². The van der Waals surface area contributed by atoms with E-state index < -0.39 is 22.4 Å². The molecule has 0 spiro atoms. The Kier molecular flexibility index (Phi) is 4.73. The Bertz CT molecular complexity index is 801. The zero-order chi connectivity index (χ0) is 18.2. The molecule has 1 heterocycles. The summed E-state index contributed by atoms with van der Waals surface area (Å²) in [7, 11) is -3.08. The summed E-state index contributed by atoms with van der Waals surface area (Å²) in [4.78, 5) is 26.3. The highest BCUT2D eigenvalue weighted by Gasteiger charge is 2.42. The van der Waals surface area contributed by atoms with Crippen LogP contribution in [0, 0.1) is 6.92 Å². The van der Waals surface area contributed by atoms with Crippen molar-refractivity contribution in [2.75, 3.05) is 23.8 Å². The molecule has 136 valence electrons. The van der Waals surface area contributed by atoms with E-state index in [2.05, 4.69) is 0 Å². The average molecular weight is 366 g/mol. The van der Waals surface area contributed by atoms with Gasteiger partial charge in [-0.2, -0.15) is 0 Å². The zero-order valence-electron chi connectivity index (χ0n) is 14.1. The van der Waals surface area contributed by atoms with Crippen molar-refractivity contribution in [3.05, 3.63) is 29.3 Å². The van der Waals surface area contributed by atoms with Crippen LogP contribution in [0.4, 0.5) is 5.69 Å². The number of amides is 1. The van der Waals surface area contributed by atoms with Gasteiger partial charge in [0.1, 0.15) is 0 Å². The molecule has 2 aliphatic rings. The monoisotopic (exact) mass is 366 g/mol. The maximum absolute atomic E-state index is 12.5. The van der Waals surface area contributed by atoms with E-state index in [1.165, 1.54) is 0 Å². The molecule has 0 bridgehead atoms. The van der Waals surface area contributed by atoms with Crippen LogP contribution in [0.25, 0.3) is 0 Å². The second-order valence-corrected chi connectivity index (χ2v) is 8.93. The normalized spacial score (nSPS) is 21.7. The van der Waals surface area contributed by atoms with Crippen molar-refractivity contribution in [2.24, 2.45) is 0 Å². The second-order valence-electron chi connectivity index (χ2n) is 6.70. The number of carbonyl (C=O) groups excluding carboxylic acids is 2. The minimum absolute atomic E-state index is 0.00594. The average Bonchev–Trinajstić information content (AvgIpc) is 3.31. The number of nitrogens with zero attached hydrogens (tertiary/aromatic N) is 1. The van der Waals surface area contributed by atoms with E-state index in [4.69, 9.17) is 10.5 Å². The van der Waals surface area contributed by atoms with Crippen molar-refractivity contribution < 1.29 is 22.7 Å². The second kappa shape index (κ2) is 6.67. The topological polar surface area (TPSA) is 107 Å². The van der Waals surface area contributed by atoms with Crippen LogP contribution in [0.3, 0.4) is 0 Å². The van der Waals surface area contributed by atoms with Crippen LogP contribution >= 0.6 is 0 Å². The molecule has 2 fully saturated rings. The highest BCUT2D eigenvalue weighted by atomic mass is 32.2. The molecular formula is C17H22N2O5S. The van der Waals surface area contributed by atoms with Gasteiger partial charge >= 0.3 is 5.97 Å². The van der Waals surface area contributed by atoms with Gasteiger partial charge in [-0.15, -0.1) is 0 Å². The number of aryl methyl sites for hydroxylation is 1. The molecule has 7 nitrogen and oxygen atoms in total. The van der Waals surface area contributed by atoms with E-state index in [1.54, 1.807) is 30.0 Å². The summed E-state index contributed by atoms with van der Waals surface area (Å²) >= 11 is 0. The molecule has 1 aliphatic carbocycles. The molecule has 0 aromatic heterocycles. The Morgan fingerprint density at radius 2 is 1.96 bits per heavy atom. The van der Waals surface area contributed by atoms with Gasteiger partial charge in [-0.3, -0.25) is 4.79 Å². The number of nitrogen functional groups attached to an aromatic ring is 1. The summed E-state index contributed by atoms with van der Waals surface area (Å²) in [5, 5.41) is 0. The molecule has 8 heteroatoms. The number of benzene rings is 1. The van der Waals surface area contributed by atoms with E-state index in [0.717, 1.165) is 18.4 Å². The van der Waals surface area contributed by atoms with Gasteiger partial charge in [-0.05, 0) is 37.8 Å². The minimum atomic E-state index is -3.08. The number of hydrogen-bond acceptors (Lipinski definition) is 6. The van der Waals surface area contributed by atoms with E-state index >= 15 is 0 Å². The lowest BCUT2D eigenvalue weighted by Gasteiger charge is -2.28. The fourth-order valence-electron chi connectivity index (χ4n) is 3.19. The quantitative estimate of drug-likeness (QED) is 0.613. The number of sulfone groups is 1. The minimum Gasteiger partial charge on any atom is -0.452 e. The molecular weight excluding hydrogens is 344 g/mol. The number of esters is 1. The van der Waals surface area contributed by atoms with Crippen molar-refractivity contribution in [3.63, 3.8) is 0 Å². The van der Waals surface area contributed by atoms with Gasteiger partial charge in [-0.25, -0.2) is 13.2 Å². The highest BCUT2D eigenvalue weighted by Crippen LogP contribution is 2.32. The number of anilines is 1. The molecule has 2 N–H and O–H groups in total. The van der Waals surface area contributed by atoms with Gasteiger partial charge in [0, 0.05) is 17.8 Å². The molecule has 1 aromatic rings.